The average Bonchev–Trinajstić information content (AvgIpc) is 3.28. The van der Waals surface area contributed by atoms with Crippen LogP contribution in [0.1, 0.15) is 303 Å². The monoisotopic (exact) mass is 888 g/mol. The Morgan fingerprint density at radius 1 is 0.429 bits per heavy atom. The van der Waals surface area contributed by atoms with Crippen molar-refractivity contribution in [2.75, 3.05) is 13.2 Å². The minimum absolute atomic E-state index is 0.00695. The second-order valence-corrected chi connectivity index (χ2v) is 19.3. The van der Waals surface area contributed by atoms with E-state index < -0.39 is 12.1 Å². The number of rotatable bonds is 52. The Kier molecular flexibility index (Phi) is 51.6. The van der Waals surface area contributed by atoms with E-state index in [1.54, 1.807) is 6.08 Å². The number of allylic oxidation sites excluding steroid dienone is 3. The third-order valence-corrected chi connectivity index (χ3v) is 13.0. The Bertz CT molecular complexity index is 982. The SMILES string of the molecule is CCCCCCCCCCCCC/C=C/C(O)C(CO)NC(=O)CCCCCCCCC/C=C\CCCCCCCCCCCOC(=O)CCCCCCCCCCCCCCC. The number of unbranched alkanes of at least 4 members (excludes halogenated alkanes) is 39. The normalized spacial score (nSPS) is 12.8. The molecule has 0 saturated carbocycles. The molecule has 0 aliphatic heterocycles. The first kappa shape index (κ1) is 61.3. The van der Waals surface area contributed by atoms with Crippen LogP contribution in [-0.2, 0) is 14.3 Å². The highest BCUT2D eigenvalue weighted by Gasteiger charge is 2.18. The van der Waals surface area contributed by atoms with Crippen molar-refractivity contribution in [2.45, 2.75) is 315 Å². The van der Waals surface area contributed by atoms with Gasteiger partial charge >= 0.3 is 5.97 Å². The highest BCUT2D eigenvalue weighted by molar-refractivity contribution is 5.76. The maximum absolute atomic E-state index is 12.4. The molecule has 0 saturated heterocycles. The van der Waals surface area contributed by atoms with Gasteiger partial charge in [-0.25, -0.2) is 0 Å². The molecular weight excluding hydrogens is 779 g/mol. The number of esters is 1. The first-order chi connectivity index (χ1) is 31.0. The van der Waals surface area contributed by atoms with Crippen LogP contribution in [-0.4, -0.2) is 47.4 Å². The van der Waals surface area contributed by atoms with Gasteiger partial charge in [-0.05, 0) is 57.8 Å². The van der Waals surface area contributed by atoms with Gasteiger partial charge in [0.25, 0.3) is 0 Å². The maximum atomic E-state index is 12.4. The molecule has 0 aromatic carbocycles. The molecule has 6 heteroatoms. The molecule has 0 aliphatic rings. The fourth-order valence-electron chi connectivity index (χ4n) is 8.63. The molecule has 0 fully saturated rings. The van der Waals surface area contributed by atoms with Gasteiger partial charge in [0.2, 0.25) is 5.91 Å². The molecule has 2 unspecified atom stereocenters. The number of ether oxygens (including phenoxy) is 1. The van der Waals surface area contributed by atoms with E-state index in [0.29, 0.717) is 19.4 Å². The van der Waals surface area contributed by atoms with Crippen LogP contribution in [0.4, 0.5) is 0 Å². The number of nitrogens with one attached hydrogen (secondary N) is 1. The van der Waals surface area contributed by atoms with E-state index in [-0.39, 0.29) is 18.5 Å². The lowest BCUT2D eigenvalue weighted by molar-refractivity contribution is -0.143. The molecule has 0 heterocycles. The van der Waals surface area contributed by atoms with Crippen LogP contribution in [0, 0.1) is 0 Å². The first-order valence-electron chi connectivity index (χ1n) is 28.1. The molecule has 0 bridgehead atoms. The quantitative estimate of drug-likeness (QED) is 0.0321. The van der Waals surface area contributed by atoms with Gasteiger partial charge in [0.15, 0.2) is 0 Å². The van der Waals surface area contributed by atoms with Gasteiger partial charge in [-0.15, -0.1) is 0 Å². The van der Waals surface area contributed by atoms with Crippen LogP contribution in [0.2, 0.25) is 0 Å². The number of carbonyl (C=O) groups excluding carboxylic acids is 2. The molecule has 0 aliphatic carbocycles. The fraction of sp³-hybridized carbons (Fsp3) is 0.895. The van der Waals surface area contributed by atoms with Gasteiger partial charge in [-0.1, -0.05) is 256 Å². The van der Waals surface area contributed by atoms with Gasteiger partial charge < -0.3 is 20.3 Å². The zero-order valence-electron chi connectivity index (χ0n) is 42.3. The number of carbonyl (C=O) groups is 2. The van der Waals surface area contributed by atoms with Crippen molar-refractivity contribution >= 4 is 11.9 Å². The predicted molar refractivity (Wildman–Crippen MR) is 273 cm³/mol. The summed E-state index contributed by atoms with van der Waals surface area (Å²) >= 11 is 0. The van der Waals surface area contributed by atoms with E-state index in [1.807, 2.05) is 6.08 Å². The van der Waals surface area contributed by atoms with E-state index in [1.165, 1.54) is 231 Å². The molecular formula is C57H109NO5. The Morgan fingerprint density at radius 3 is 1.13 bits per heavy atom. The van der Waals surface area contributed by atoms with Crippen molar-refractivity contribution in [3.63, 3.8) is 0 Å². The maximum Gasteiger partial charge on any atom is 0.305 e. The van der Waals surface area contributed by atoms with Gasteiger partial charge in [0.05, 0.1) is 25.4 Å². The molecule has 1 amide bonds. The Hall–Kier alpha value is -1.66. The van der Waals surface area contributed by atoms with E-state index in [4.69, 9.17) is 4.74 Å². The molecule has 372 valence electrons. The number of aliphatic hydroxyl groups excluding tert-OH is 2. The van der Waals surface area contributed by atoms with E-state index in [2.05, 4.69) is 31.3 Å². The minimum Gasteiger partial charge on any atom is -0.466 e. The molecule has 3 N–H and O–H groups in total. The number of amides is 1. The third-order valence-electron chi connectivity index (χ3n) is 13.0. The van der Waals surface area contributed by atoms with Crippen LogP contribution in [0.15, 0.2) is 24.3 Å². The fourth-order valence-corrected chi connectivity index (χ4v) is 8.63. The van der Waals surface area contributed by atoms with Gasteiger partial charge in [-0.3, -0.25) is 9.59 Å². The van der Waals surface area contributed by atoms with Crippen LogP contribution >= 0.6 is 0 Å². The molecule has 0 rings (SSSR count). The number of hydrogen-bond donors (Lipinski definition) is 3. The summed E-state index contributed by atoms with van der Waals surface area (Å²) in [6, 6.07) is -0.633. The average molecular weight is 889 g/mol. The largest absolute Gasteiger partial charge is 0.466 e. The first-order valence-corrected chi connectivity index (χ1v) is 28.1. The Morgan fingerprint density at radius 2 is 0.746 bits per heavy atom. The predicted octanol–water partition coefficient (Wildman–Crippen LogP) is 17.1. The van der Waals surface area contributed by atoms with E-state index in [0.717, 1.165) is 44.9 Å². The van der Waals surface area contributed by atoms with Crippen LogP contribution in [0.3, 0.4) is 0 Å². The highest BCUT2D eigenvalue weighted by Crippen LogP contribution is 2.16. The summed E-state index contributed by atoms with van der Waals surface area (Å²) in [6.07, 6.45) is 63.4. The van der Waals surface area contributed by atoms with Gasteiger partial charge in [0.1, 0.15) is 0 Å². The Balaban J connectivity index is 3.45. The van der Waals surface area contributed by atoms with Crippen molar-refractivity contribution in [1.29, 1.82) is 0 Å². The zero-order chi connectivity index (χ0) is 45.8. The summed E-state index contributed by atoms with van der Waals surface area (Å²) in [4.78, 5) is 24.4. The van der Waals surface area contributed by atoms with Crippen LogP contribution in [0.25, 0.3) is 0 Å². The summed E-state index contributed by atoms with van der Waals surface area (Å²) in [5.74, 6) is -0.0695. The standard InChI is InChI=1S/C57H109NO5/c1-3-5-7-9-11-13-15-25-29-33-37-41-45-49-55(60)54(53-59)58-56(61)50-46-42-38-34-30-27-23-21-19-17-18-20-22-24-28-32-36-40-44-48-52-63-57(62)51-47-43-39-35-31-26-16-14-12-10-8-6-4-2/h17,19,45,49,54-55,59-60H,3-16,18,20-44,46-48,50-53H2,1-2H3,(H,58,61)/b19-17-,49-45+. The van der Waals surface area contributed by atoms with Gasteiger partial charge in [-0.2, -0.15) is 0 Å². The topological polar surface area (TPSA) is 95.9 Å². The third kappa shape index (κ3) is 49.6. The van der Waals surface area contributed by atoms with Crippen molar-refractivity contribution in [3.8, 4) is 0 Å². The lowest BCUT2D eigenvalue weighted by Gasteiger charge is -2.20. The molecule has 0 radical (unpaired) electrons. The molecule has 0 aromatic rings. The summed E-state index contributed by atoms with van der Waals surface area (Å²) in [7, 11) is 0. The van der Waals surface area contributed by atoms with Crippen LogP contribution < -0.4 is 5.32 Å². The molecule has 0 spiro atoms. The zero-order valence-corrected chi connectivity index (χ0v) is 42.3. The van der Waals surface area contributed by atoms with E-state index in [9.17, 15) is 19.8 Å². The lowest BCUT2D eigenvalue weighted by atomic mass is 10.0. The Labute approximate surface area is 392 Å². The van der Waals surface area contributed by atoms with Gasteiger partial charge in [0, 0.05) is 12.8 Å². The second-order valence-electron chi connectivity index (χ2n) is 19.3. The molecule has 0 aromatic heterocycles. The van der Waals surface area contributed by atoms with Crippen LogP contribution in [0.5, 0.6) is 0 Å². The molecule has 63 heavy (non-hydrogen) atoms. The summed E-state index contributed by atoms with van der Waals surface area (Å²) in [5.41, 5.74) is 0. The van der Waals surface area contributed by atoms with Crippen molar-refractivity contribution < 1.29 is 24.5 Å². The van der Waals surface area contributed by atoms with Crippen molar-refractivity contribution in [1.82, 2.24) is 5.32 Å². The van der Waals surface area contributed by atoms with E-state index >= 15 is 0 Å². The lowest BCUT2D eigenvalue weighted by Crippen LogP contribution is -2.45. The number of aliphatic hydroxyl groups is 2. The summed E-state index contributed by atoms with van der Waals surface area (Å²) in [5, 5.41) is 23.0. The molecule has 6 nitrogen and oxygen atoms in total. The number of hydrogen-bond acceptors (Lipinski definition) is 5. The minimum atomic E-state index is -0.848. The summed E-state index contributed by atoms with van der Waals surface area (Å²) < 4.78 is 5.47. The van der Waals surface area contributed by atoms with Crippen molar-refractivity contribution in [2.24, 2.45) is 0 Å². The smallest absolute Gasteiger partial charge is 0.305 e. The van der Waals surface area contributed by atoms with Crippen molar-refractivity contribution in [3.05, 3.63) is 24.3 Å². The second kappa shape index (κ2) is 53.0. The molecule has 2 atom stereocenters. The highest BCUT2D eigenvalue weighted by atomic mass is 16.5. The summed E-state index contributed by atoms with van der Waals surface area (Å²) in [6.45, 7) is 4.90.